The number of anilines is 1. The largest absolute Gasteiger partial charge is 0.484 e. The molecule has 0 aliphatic carbocycles. The van der Waals surface area contributed by atoms with Gasteiger partial charge in [0, 0.05) is 5.69 Å². The van der Waals surface area contributed by atoms with Crippen LogP contribution < -0.4 is 15.8 Å². The highest BCUT2D eigenvalue weighted by molar-refractivity contribution is 5.95. The molecule has 1 rings (SSSR count). The number of hydrogen-bond acceptors (Lipinski definition) is 3. The number of ether oxygens (including phenoxy) is 1. The van der Waals surface area contributed by atoms with Crippen LogP contribution in [0, 0.1) is 12.8 Å². The fourth-order valence-electron chi connectivity index (χ4n) is 1.79. The summed E-state index contributed by atoms with van der Waals surface area (Å²) < 4.78 is 41.1. The molecule has 0 saturated heterocycles. The number of alkyl halides is 3. The lowest BCUT2D eigenvalue weighted by Gasteiger charge is -2.18. The number of carbonyl (C=O) groups excluding carboxylic acids is 1. The molecule has 0 saturated carbocycles. The summed E-state index contributed by atoms with van der Waals surface area (Å²) in [6.45, 7) is 4.08. The molecule has 2 atom stereocenters. The third-order valence-electron chi connectivity index (χ3n) is 3.39. The quantitative estimate of drug-likeness (QED) is 0.819. The highest BCUT2D eigenvalue weighted by Crippen LogP contribution is 2.24. The molecule has 0 aliphatic heterocycles. The van der Waals surface area contributed by atoms with Crippen molar-refractivity contribution in [2.75, 3.05) is 11.9 Å². The van der Waals surface area contributed by atoms with E-state index in [-0.39, 0.29) is 30.0 Å². The van der Waals surface area contributed by atoms with Crippen LogP contribution in [-0.4, -0.2) is 24.7 Å². The summed E-state index contributed by atoms with van der Waals surface area (Å²) in [4.78, 5) is 12.0. The van der Waals surface area contributed by atoms with Crippen LogP contribution in [0.1, 0.15) is 25.8 Å². The molecule has 1 amide bonds. The summed E-state index contributed by atoms with van der Waals surface area (Å²) >= 11 is 0. The van der Waals surface area contributed by atoms with Gasteiger partial charge in [-0.25, -0.2) is 0 Å². The zero-order chi connectivity index (χ0) is 16.9. The molecule has 3 N–H and O–H groups in total. The van der Waals surface area contributed by atoms with Crippen LogP contribution in [0.15, 0.2) is 18.2 Å². The first kappa shape index (κ1) is 21.5. The van der Waals surface area contributed by atoms with E-state index in [4.69, 9.17) is 10.5 Å². The predicted molar refractivity (Wildman–Crippen MR) is 86.0 cm³/mol. The molecule has 1 aromatic rings. The fourth-order valence-corrected chi connectivity index (χ4v) is 1.79. The Morgan fingerprint density at radius 3 is 2.48 bits per heavy atom. The van der Waals surface area contributed by atoms with Crippen LogP contribution in [0.25, 0.3) is 0 Å². The lowest BCUT2D eigenvalue weighted by Crippen LogP contribution is -2.40. The topological polar surface area (TPSA) is 64.4 Å². The van der Waals surface area contributed by atoms with E-state index in [9.17, 15) is 18.0 Å². The maximum absolute atomic E-state index is 12.1. The lowest BCUT2D eigenvalue weighted by molar-refractivity contribution is -0.153. The highest BCUT2D eigenvalue weighted by atomic mass is 35.5. The molecule has 23 heavy (non-hydrogen) atoms. The van der Waals surface area contributed by atoms with Gasteiger partial charge in [-0.05, 0) is 36.6 Å². The van der Waals surface area contributed by atoms with Crippen molar-refractivity contribution in [3.63, 3.8) is 0 Å². The number of hydrogen-bond donors (Lipinski definition) is 2. The number of amides is 1. The van der Waals surface area contributed by atoms with E-state index in [0.29, 0.717) is 11.3 Å². The Balaban J connectivity index is 0.00000484. The van der Waals surface area contributed by atoms with Crippen molar-refractivity contribution in [1.29, 1.82) is 0 Å². The number of nitrogens with one attached hydrogen (secondary N) is 1. The predicted octanol–water partition coefficient (Wildman–Crippen LogP) is 3.67. The SMILES string of the molecule is CCC(C)C(N)C(=O)Nc1ccc(OCC(F)(F)F)c(C)c1.Cl. The van der Waals surface area contributed by atoms with E-state index in [0.717, 1.165) is 6.42 Å². The minimum Gasteiger partial charge on any atom is -0.484 e. The zero-order valence-corrected chi connectivity index (χ0v) is 14.1. The maximum atomic E-state index is 12.1. The van der Waals surface area contributed by atoms with Gasteiger partial charge in [0.2, 0.25) is 5.91 Å². The van der Waals surface area contributed by atoms with E-state index in [2.05, 4.69) is 5.32 Å². The van der Waals surface area contributed by atoms with Crippen molar-refractivity contribution < 1.29 is 22.7 Å². The summed E-state index contributed by atoms with van der Waals surface area (Å²) in [5.74, 6) is -0.158. The molecule has 0 heterocycles. The molecule has 8 heteroatoms. The molecule has 0 bridgehead atoms. The van der Waals surface area contributed by atoms with Crippen LogP contribution in [-0.2, 0) is 4.79 Å². The second-order valence-corrected chi connectivity index (χ2v) is 5.28. The molecule has 0 radical (unpaired) electrons. The number of aryl methyl sites for hydroxylation is 1. The van der Waals surface area contributed by atoms with Crippen molar-refractivity contribution in [3.05, 3.63) is 23.8 Å². The maximum Gasteiger partial charge on any atom is 0.422 e. The number of nitrogens with two attached hydrogens (primary N) is 1. The molecule has 0 aliphatic rings. The van der Waals surface area contributed by atoms with E-state index >= 15 is 0 Å². The van der Waals surface area contributed by atoms with Gasteiger partial charge in [0.25, 0.3) is 0 Å². The zero-order valence-electron chi connectivity index (χ0n) is 13.2. The van der Waals surface area contributed by atoms with E-state index in [1.54, 1.807) is 13.0 Å². The van der Waals surface area contributed by atoms with Gasteiger partial charge in [-0.2, -0.15) is 13.2 Å². The molecule has 2 unspecified atom stereocenters. The van der Waals surface area contributed by atoms with Crippen LogP contribution in [0.2, 0.25) is 0 Å². The smallest absolute Gasteiger partial charge is 0.422 e. The molecule has 132 valence electrons. The van der Waals surface area contributed by atoms with Crippen molar-refractivity contribution in [1.82, 2.24) is 0 Å². The van der Waals surface area contributed by atoms with Crippen molar-refractivity contribution in [3.8, 4) is 5.75 Å². The number of benzene rings is 1. The summed E-state index contributed by atoms with van der Waals surface area (Å²) in [6, 6.07) is 3.80. The summed E-state index contributed by atoms with van der Waals surface area (Å²) in [6.07, 6.45) is -3.61. The monoisotopic (exact) mass is 354 g/mol. The second-order valence-electron chi connectivity index (χ2n) is 5.28. The molecule has 0 spiro atoms. The van der Waals surface area contributed by atoms with Gasteiger partial charge in [-0.1, -0.05) is 20.3 Å². The second kappa shape index (κ2) is 8.98. The minimum atomic E-state index is -4.39. The number of halogens is 4. The molecular formula is C15H22ClF3N2O2. The summed E-state index contributed by atoms with van der Waals surface area (Å²) in [7, 11) is 0. The van der Waals surface area contributed by atoms with Crippen LogP contribution in [0.4, 0.5) is 18.9 Å². The van der Waals surface area contributed by atoms with Crippen LogP contribution >= 0.6 is 12.4 Å². The van der Waals surface area contributed by atoms with Crippen molar-refractivity contribution >= 4 is 24.0 Å². The van der Waals surface area contributed by atoms with Gasteiger partial charge in [-0.15, -0.1) is 12.4 Å². The molecule has 0 fully saturated rings. The highest BCUT2D eigenvalue weighted by Gasteiger charge is 2.28. The van der Waals surface area contributed by atoms with E-state index < -0.39 is 18.8 Å². The van der Waals surface area contributed by atoms with Gasteiger partial charge >= 0.3 is 6.18 Å². The van der Waals surface area contributed by atoms with Crippen LogP contribution in [0.3, 0.4) is 0 Å². The first-order valence-corrected chi connectivity index (χ1v) is 7.00. The molecule has 4 nitrogen and oxygen atoms in total. The Hall–Kier alpha value is -1.47. The summed E-state index contributed by atoms with van der Waals surface area (Å²) in [5.41, 5.74) is 6.79. The normalized spacial score (nSPS) is 13.7. The summed E-state index contributed by atoms with van der Waals surface area (Å²) in [5, 5.41) is 2.66. The van der Waals surface area contributed by atoms with Gasteiger partial charge in [0.1, 0.15) is 5.75 Å². The molecule has 0 aromatic heterocycles. The molecular weight excluding hydrogens is 333 g/mol. The fraction of sp³-hybridized carbons (Fsp3) is 0.533. The van der Waals surface area contributed by atoms with Gasteiger partial charge < -0.3 is 15.8 Å². The van der Waals surface area contributed by atoms with Gasteiger partial charge in [0.05, 0.1) is 6.04 Å². The number of carbonyl (C=O) groups is 1. The van der Waals surface area contributed by atoms with Gasteiger partial charge in [-0.3, -0.25) is 4.79 Å². The van der Waals surface area contributed by atoms with Crippen molar-refractivity contribution in [2.24, 2.45) is 11.7 Å². The third-order valence-corrected chi connectivity index (χ3v) is 3.39. The van der Waals surface area contributed by atoms with E-state index in [1.165, 1.54) is 12.1 Å². The molecule has 1 aromatic carbocycles. The Bertz CT molecular complexity index is 524. The third kappa shape index (κ3) is 7.09. The average Bonchev–Trinajstić information content (AvgIpc) is 2.43. The van der Waals surface area contributed by atoms with Crippen LogP contribution in [0.5, 0.6) is 5.75 Å². The minimum absolute atomic E-state index is 0. The van der Waals surface area contributed by atoms with Crippen molar-refractivity contribution in [2.45, 2.75) is 39.4 Å². The first-order valence-electron chi connectivity index (χ1n) is 7.00. The Morgan fingerprint density at radius 2 is 2.00 bits per heavy atom. The lowest BCUT2D eigenvalue weighted by atomic mass is 9.99. The Labute approximate surface area is 140 Å². The Morgan fingerprint density at radius 1 is 1.39 bits per heavy atom. The Kier molecular flexibility index (Phi) is 8.41. The average molecular weight is 355 g/mol. The standard InChI is InChI=1S/C15H21F3N2O2.ClH/c1-4-9(2)13(19)14(21)20-11-5-6-12(10(3)7-11)22-8-15(16,17)18;/h5-7,9,13H,4,8,19H2,1-3H3,(H,20,21);1H. The number of rotatable bonds is 6. The first-order chi connectivity index (χ1) is 10.1. The van der Waals surface area contributed by atoms with Gasteiger partial charge in [0.15, 0.2) is 6.61 Å². The van der Waals surface area contributed by atoms with E-state index in [1.807, 2.05) is 13.8 Å².